The number of halogens is 2. The van der Waals surface area contributed by atoms with Gasteiger partial charge < -0.3 is 14.9 Å². The fraction of sp³-hybridized carbons (Fsp3) is 0.571. The number of ketones is 1. The molecule has 2 heterocycles. The summed E-state index contributed by atoms with van der Waals surface area (Å²) in [4.78, 5) is 18.7. The molecule has 9 heteroatoms. The van der Waals surface area contributed by atoms with Crippen LogP contribution in [-0.2, 0) is 23.9 Å². The lowest BCUT2D eigenvalue weighted by Gasteiger charge is -2.24. The number of aliphatic hydroxyl groups is 2. The van der Waals surface area contributed by atoms with Gasteiger partial charge in [0, 0.05) is 31.3 Å². The second kappa shape index (κ2) is 13.3. The van der Waals surface area contributed by atoms with E-state index in [2.05, 4.69) is 18.1 Å². The minimum absolute atomic E-state index is 0.109. The number of aromatic nitrogens is 2. The van der Waals surface area contributed by atoms with Crippen molar-refractivity contribution >= 4 is 23.6 Å². The summed E-state index contributed by atoms with van der Waals surface area (Å²) in [5.41, 5.74) is 2.52. The summed E-state index contributed by atoms with van der Waals surface area (Å²) in [7, 11) is 1.81. The Morgan fingerprint density at radius 2 is 2.05 bits per heavy atom. The highest BCUT2D eigenvalue weighted by Crippen LogP contribution is 2.54. The minimum atomic E-state index is -1.03. The zero-order valence-corrected chi connectivity index (χ0v) is 27.0. The Labute approximate surface area is 264 Å². The Morgan fingerprint density at radius 3 is 2.75 bits per heavy atom. The predicted octanol–water partition coefficient (Wildman–Crippen LogP) is 7.03. The number of rotatable bonds is 12. The SMILES string of the molecule is CCC1CCC=NC(C2=C[C@H]3C[C@](O)(c4cc(OCC(C)(C)O)nn4C)C[C@H]3C2)=C1C(=O)CCCCc1ccc(F)c(Cl)c1. The molecule has 1 fully saturated rings. The molecule has 44 heavy (non-hydrogen) atoms. The van der Waals surface area contributed by atoms with Crippen molar-refractivity contribution in [3.8, 4) is 5.88 Å². The lowest BCUT2D eigenvalue weighted by atomic mass is 9.84. The number of aliphatic imine (C=N–C) groups is 1. The molecule has 1 aromatic heterocycles. The number of nitrogens with zero attached hydrogens (tertiary/aromatic N) is 3. The summed E-state index contributed by atoms with van der Waals surface area (Å²) in [5.74, 6) is 0.737. The summed E-state index contributed by atoms with van der Waals surface area (Å²) >= 11 is 5.93. The molecule has 2 N–H and O–H groups in total. The molecule has 4 atom stereocenters. The molecule has 0 bridgehead atoms. The van der Waals surface area contributed by atoms with Crippen LogP contribution in [0.1, 0.15) is 89.8 Å². The molecule has 7 nitrogen and oxygen atoms in total. The van der Waals surface area contributed by atoms with Crippen LogP contribution < -0.4 is 4.74 Å². The van der Waals surface area contributed by atoms with E-state index in [4.69, 9.17) is 21.3 Å². The molecule has 1 aliphatic heterocycles. The summed E-state index contributed by atoms with van der Waals surface area (Å²) in [5, 5.41) is 26.3. The van der Waals surface area contributed by atoms with Crippen LogP contribution in [0.3, 0.4) is 0 Å². The van der Waals surface area contributed by atoms with Crippen molar-refractivity contribution in [3.05, 3.63) is 69.3 Å². The first kappa shape index (κ1) is 32.6. The van der Waals surface area contributed by atoms with Gasteiger partial charge in [-0.1, -0.05) is 30.7 Å². The topological polar surface area (TPSA) is 96.9 Å². The summed E-state index contributed by atoms with van der Waals surface area (Å²) in [6.45, 7) is 5.60. The number of hydrogen-bond acceptors (Lipinski definition) is 6. The van der Waals surface area contributed by atoms with E-state index in [0.29, 0.717) is 30.8 Å². The standard InChI is InChI=1S/C35H45ClFN3O4/c1-5-23-10-8-14-38-33(32(23)29(41)11-7-6-9-22-12-13-28(37)27(36)15-22)24-16-25-19-35(43,20-26(25)17-24)30-18-31(39-40(30)4)44-21-34(2,3)42/h12-16,18,23,25-26,42-43H,5-11,17,19-21H2,1-4H3/t23?,25-,26+,35+/m0/s1. The van der Waals surface area contributed by atoms with E-state index in [1.165, 1.54) is 6.07 Å². The number of benzene rings is 1. The third-order valence-electron chi connectivity index (χ3n) is 9.31. The van der Waals surface area contributed by atoms with Gasteiger partial charge in [0.15, 0.2) is 5.78 Å². The highest BCUT2D eigenvalue weighted by Gasteiger charge is 2.49. The minimum Gasteiger partial charge on any atom is -0.474 e. The van der Waals surface area contributed by atoms with Crippen molar-refractivity contribution in [1.82, 2.24) is 9.78 Å². The first-order chi connectivity index (χ1) is 20.9. The van der Waals surface area contributed by atoms with Gasteiger partial charge in [-0.25, -0.2) is 4.39 Å². The molecule has 1 unspecified atom stereocenters. The van der Waals surface area contributed by atoms with E-state index in [9.17, 15) is 19.4 Å². The van der Waals surface area contributed by atoms with Gasteiger partial charge in [0.25, 0.3) is 0 Å². The highest BCUT2D eigenvalue weighted by atomic mass is 35.5. The number of unbranched alkanes of at least 4 members (excludes halogenated alkanes) is 1. The largest absolute Gasteiger partial charge is 0.474 e. The molecule has 1 saturated carbocycles. The lowest BCUT2D eigenvalue weighted by Crippen LogP contribution is -2.28. The first-order valence-corrected chi connectivity index (χ1v) is 16.3. The van der Waals surface area contributed by atoms with E-state index in [-0.39, 0.29) is 35.2 Å². The van der Waals surface area contributed by atoms with Gasteiger partial charge in [0.2, 0.25) is 5.88 Å². The first-order valence-electron chi connectivity index (χ1n) is 15.9. The van der Waals surface area contributed by atoms with Gasteiger partial charge in [-0.2, -0.15) is 0 Å². The molecule has 2 aromatic rings. The fourth-order valence-corrected chi connectivity index (χ4v) is 7.35. The molecule has 0 saturated heterocycles. The number of hydrogen-bond donors (Lipinski definition) is 2. The Kier molecular flexibility index (Phi) is 9.83. The van der Waals surface area contributed by atoms with Gasteiger partial charge in [-0.3, -0.25) is 14.5 Å². The Morgan fingerprint density at radius 1 is 1.25 bits per heavy atom. The third kappa shape index (κ3) is 7.35. The van der Waals surface area contributed by atoms with E-state index in [1.54, 1.807) is 36.7 Å². The van der Waals surface area contributed by atoms with Gasteiger partial charge in [-0.15, -0.1) is 5.10 Å². The molecule has 0 amide bonds. The van der Waals surface area contributed by atoms with Gasteiger partial charge in [0.05, 0.1) is 22.0 Å². The zero-order valence-electron chi connectivity index (χ0n) is 26.3. The Hall–Kier alpha value is -2.81. The van der Waals surface area contributed by atoms with Crippen molar-refractivity contribution in [3.63, 3.8) is 0 Å². The molecule has 0 spiro atoms. The van der Waals surface area contributed by atoms with Crippen molar-refractivity contribution in [2.45, 2.75) is 96.2 Å². The average molecular weight is 626 g/mol. The number of carbonyl (C=O) groups is 1. The van der Waals surface area contributed by atoms with Crippen LogP contribution in [0, 0.1) is 23.6 Å². The fourth-order valence-electron chi connectivity index (χ4n) is 7.14. The molecule has 1 aromatic carbocycles. The second-order valence-electron chi connectivity index (χ2n) is 13.5. The Bertz CT molecular complexity index is 1470. The van der Waals surface area contributed by atoms with Gasteiger partial charge in [-0.05, 0) is 113 Å². The van der Waals surface area contributed by atoms with Gasteiger partial charge in [0.1, 0.15) is 18.0 Å². The van der Waals surface area contributed by atoms with Crippen molar-refractivity contribution < 1.29 is 24.1 Å². The lowest BCUT2D eigenvalue weighted by molar-refractivity contribution is -0.116. The van der Waals surface area contributed by atoms with Crippen LogP contribution >= 0.6 is 11.6 Å². The van der Waals surface area contributed by atoms with E-state index >= 15 is 0 Å². The highest BCUT2D eigenvalue weighted by molar-refractivity contribution is 6.30. The van der Waals surface area contributed by atoms with Crippen molar-refractivity contribution in [2.75, 3.05) is 6.61 Å². The molecule has 3 aliphatic rings. The predicted molar refractivity (Wildman–Crippen MR) is 170 cm³/mol. The van der Waals surface area contributed by atoms with Crippen LogP contribution in [0.5, 0.6) is 5.88 Å². The van der Waals surface area contributed by atoms with Crippen LogP contribution in [0.25, 0.3) is 0 Å². The average Bonchev–Trinajstić information content (AvgIpc) is 3.57. The quantitative estimate of drug-likeness (QED) is 0.247. The van der Waals surface area contributed by atoms with Crippen LogP contribution in [0.2, 0.25) is 5.02 Å². The van der Waals surface area contributed by atoms with Crippen LogP contribution in [-0.4, -0.2) is 44.2 Å². The van der Waals surface area contributed by atoms with Crippen LogP contribution in [0.4, 0.5) is 4.39 Å². The van der Waals surface area contributed by atoms with E-state index in [0.717, 1.165) is 67.4 Å². The molecule has 238 valence electrons. The van der Waals surface area contributed by atoms with E-state index in [1.807, 2.05) is 13.3 Å². The molecule has 2 aliphatic carbocycles. The number of Topliss-reactive ketones (excluding diaryl/α,β-unsaturated/α-hetero) is 1. The number of fused-ring (bicyclic) bond motifs is 1. The monoisotopic (exact) mass is 625 g/mol. The Balaban J connectivity index is 1.29. The van der Waals surface area contributed by atoms with E-state index < -0.39 is 17.0 Å². The van der Waals surface area contributed by atoms with Crippen LogP contribution in [0.15, 0.2) is 52.2 Å². The summed E-state index contributed by atoms with van der Waals surface area (Å²) < 4.78 is 20.9. The normalized spacial score (nSPS) is 25.3. The maximum Gasteiger partial charge on any atom is 0.233 e. The number of allylic oxidation sites excluding steroid dienone is 3. The number of aryl methyl sites for hydroxylation is 2. The number of ether oxygens (including phenoxy) is 1. The molecule has 5 rings (SSSR count). The van der Waals surface area contributed by atoms with Crippen molar-refractivity contribution in [1.29, 1.82) is 0 Å². The summed E-state index contributed by atoms with van der Waals surface area (Å²) in [6, 6.07) is 6.59. The molecule has 0 radical (unpaired) electrons. The molecular weight excluding hydrogens is 581 g/mol. The van der Waals surface area contributed by atoms with Crippen molar-refractivity contribution in [2.24, 2.45) is 29.8 Å². The summed E-state index contributed by atoms with van der Waals surface area (Å²) in [6.07, 6.45) is 11.6. The second-order valence-corrected chi connectivity index (χ2v) is 13.9. The maximum absolute atomic E-state index is 13.8. The number of carbonyl (C=O) groups excluding carboxylic acids is 1. The zero-order chi connectivity index (χ0) is 31.6. The molecular formula is C35H45ClFN3O4. The van der Waals surface area contributed by atoms with Gasteiger partial charge >= 0.3 is 0 Å². The smallest absolute Gasteiger partial charge is 0.233 e. The third-order valence-corrected chi connectivity index (χ3v) is 9.60. The maximum atomic E-state index is 13.8.